The molecule has 1 aliphatic rings. The van der Waals surface area contributed by atoms with Crippen molar-refractivity contribution in [3.05, 3.63) is 0 Å². The van der Waals surface area contributed by atoms with Gasteiger partial charge in [-0.3, -0.25) is 0 Å². The lowest BCUT2D eigenvalue weighted by Crippen LogP contribution is -2.56. The van der Waals surface area contributed by atoms with Gasteiger partial charge in [0.2, 0.25) is 0 Å². The van der Waals surface area contributed by atoms with Crippen LogP contribution in [0, 0.1) is 5.92 Å². The van der Waals surface area contributed by atoms with Crippen LogP contribution < -0.4 is 5.73 Å². The Bertz CT molecular complexity index is 340. The van der Waals surface area contributed by atoms with E-state index >= 15 is 0 Å². The molecule has 0 aromatic heterocycles. The molecule has 0 aromatic rings. The quantitative estimate of drug-likeness (QED) is 0.558. The first-order valence-corrected chi connectivity index (χ1v) is 8.31. The van der Waals surface area contributed by atoms with Crippen molar-refractivity contribution in [1.82, 2.24) is 4.90 Å². The molecule has 136 valence electrons. The lowest BCUT2D eigenvalue weighted by molar-refractivity contribution is -0.0285. The zero-order chi connectivity index (χ0) is 17.3. The van der Waals surface area contributed by atoms with Gasteiger partial charge in [-0.2, -0.15) is 0 Å². The Labute approximate surface area is 139 Å². The summed E-state index contributed by atoms with van der Waals surface area (Å²) in [5, 5.41) is 9.34. The fourth-order valence-electron chi connectivity index (χ4n) is 2.81. The number of amides is 1. The predicted octanol–water partition coefficient (Wildman–Crippen LogP) is 1.55. The molecule has 7 heteroatoms. The summed E-state index contributed by atoms with van der Waals surface area (Å²) in [6, 6.07) is 0.108. The number of hydrogen-bond donors (Lipinski definition) is 2. The summed E-state index contributed by atoms with van der Waals surface area (Å²) in [5.74, 6) is 0.442. The molecule has 7 nitrogen and oxygen atoms in total. The Balaban J connectivity index is 2.02. The molecule has 1 aliphatic carbocycles. The largest absolute Gasteiger partial charge is 0.465 e. The van der Waals surface area contributed by atoms with E-state index in [2.05, 4.69) is 0 Å². The summed E-state index contributed by atoms with van der Waals surface area (Å²) in [7, 11) is 0. The average molecular weight is 332 g/mol. The van der Waals surface area contributed by atoms with Crippen LogP contribution in [0.1, 0.15) is 33.6 Å². The summed E-state index contributed by atoms with van der Waals surface area (Å²) in [5.41, 5.74) is 4.94. The number of hydrogen-bond acceptors (Lipinski definition) is 5. The highest BCUT2D eigenvalue weighted by molar-refractivity contribution is 5.66. The van der Waals surface area contributed by atoms with Gasteiger partial charge in [0.25, 0.3) is 0 Å². The molecular formula is C16H32N2O5. The number of carboxylic acid groups (broad SMARTS) is 1. The van der Waals surface area contributed by atoms with Crippen LogP contribution in [0.15, 0.2) is 0 Å². The maximum absolute atomic E-state index is 11.4. The molecule has 0 saturated heterocycles. The van der Waals surface area contributed by atoms with Crippen LogP contribution in [-0.4, -0.2) is 73.9 Å². The number of nitrogens with zero attached hydrogens (tertiary/aromatic N) is 1. The van der Waals surface area contributed by atoms with Crippen molar-refractivity contribution < 1.29 is 24.1 Å². The van der Waals surface area contributed by atoms with Crippen LogP contribution in [0.4, 0.5) is 4.79 Å². The molecule has 23 heavy (non-hydrogen) atoms. The highest BCUT2D eigenvalue weighted by atomic mass is 16.5. The topological polar surface area (TPSA) is 94.3 Å². The Kier molecular flexibility index (Phi) is 8.83. The van der Waals surface area contributed by atoms with E-state index in [1.807, 2.05) is 20.8 Å². The lowest BCUT2D eigenvalue weighted by Gasteiger charge is -2.47. The van der Waals surface area contributed by atoms with E-state index in [9.17, 15) is 9.90 Å². The van der Waals surface area contributed by atoms with E-state index in [1.54, 1.807) is 4.90 Å². The number of nitrogens with two attached hydrogens (primary N) is 1. The highest BCUT2D eigenvalue weighted by Crippen LogP contribution is 2.35. The van der Waals surface area contributed by atoms with E-state index in [1.165, 1.54) is 0 Å². The van der Waals surface area contributed by atoms with Crippen molar-refractivity contribution in [2.24, 2.45) is 11.7 Å². The normalized spacial score (nSPS) is 21.0. The van der Waals surface area contributed by atoms with Crippen LogP contribution in [-0.2, 0) is 14.2 Å². The number of ether oxygens (including phenoxy) is 3. The van der Waals surface area contributed by atoms with Crippen molar-refractivity contribution in [2.75, 3.05) is 46.2 Å². The number of carbonyl (C=O) groups is 1. The molecule has 1 fully saturated rings. The van der Waals surface area contributed by atoms with Crippen LogP contribution in [0.3, 0.4) is 0 Å². The third-order valence-electron chi connectivity index (χ3n) is 3.86. The van der Waals surface area contributed by atoms with Gasteiger partial charge in [-0.15, -0.1) is 0 Å². The zero-order valence-electron chi connectivity index (χ0n) is 14.6. The van der Waals surface area contributed by atoms with Gasteiger partial charge in [-0.1, -0.05) is 0 Å². The van der Waals surface area contributed by atoms with Crippen molar-refractivity contribution in [1.29, 1.82) is 0 Å². The first-order valence-electron chi connectivity index (χ1n) is 8.31. The van der Waals surface area contributed by atoms with Crippen LogP contribution >= 0.6 is 0 Å². The first kappa shape index (κ1) is 20.2. The molecule has 0 atom stereocenters. The summed E-state index contributed by atoms with van der Waals surface area (Å²) in [4.78, 5) is 12.9. The van der Waals surface area contributed by atoms with E-state index < -0.39 is 6.09 Å². The van der Waals surface area contributed by atoms with Crippen molar-refractivity contribution in [3.8, 4) is 0 Å². The van der Waals surface area contributed by atoms with E-state index in [0.717, 1.165) is 12.8 Å². The smallest absolute Gasteiger partial charge is 0.407 e. The number of rotatable bonds is 11. The highest BCUT2D eigenvalue weighted by Gasteiger charge is 2.41. The van der Waals surface area contributed by atoms with E-state index in [-0.39, 0.29) is 11.6 Å². The molecule has 0 aliphatic heterocycles. The van der Waals surface area contributed by atoms with Gasteiger partial charge in [-0.25, -0.2) is 4.79 Å². The maximum atomic E-state index is 11.4. The molecule has 0 unspecified atom stereocenters. The average Bonchev–Trinajstić information content (AvgIpc) is 2.40. The van der Waals surface area contributed by atoms with Crippen LogP contribution in [0.2, 0.25) is 0 Å². The minimum absolute atomic E-state index is 0.108. The second kappa shape index (κ2) is 10.1. The maximum Gasteiger partial charge on any atom is 0.407 e. The summed E-state index contributed by atoms with van der Waals surface area (Å²) < 4.78 is 16.2. The SMILES string of the molecule is CC(C)(C)N(C(=O)O)[C@H]1C[C@H](COCCOCCOCCN)C1. The second-order valence-corrected chi connectivity index (χ2v) is 6.90. The second-order valence-electron chi connectivity index (χ2n) is 6.90. The molecule has 0 bridgehead atoms. The Hall–Kier alpha value is -0.890. The van der Waals surface area contributed by atoms with Gasteiger partial charge in [0, 0.05) is 24.7 Å². The fourth-order valence-corrected chi connectivity index (χ4v) is 2.81. The van der Waals surface area contributed by atoms with Gasteiger partial charge in [0.1, 0.15) is 0 Å². The Morgan fingerprint density at radius 1 is 1.09 bits per heavy atom. The third-order valence-corrected chi connectivity index (χ3v) is 3.86. The lowest BCUT2D eigenvalue weighted by atomic mass is 9.78. The van der Waals surface area contributed by atoms with Crippen LogP contribution in [0.5, 0.6) is 0 Å². The first-order chi connectivity index (χ1) is 10.9. The Morgan fingerprint density at radius 3 is 2.09 bits per heavy atom. The van der Waals surface area contributed by atoms with E-state index in [4.69, 9.17) is 19.9 Å². The minimum Gasteiger partial charge on any atom is -0.465 e. The molecule has 0 spiro atoms. The van der Waals surface area contributed by atoms with Crippen LogP contribution in [0.25, 0.3) is 0 Å². The molecule has 1 rings (SSSR count). The summed E-state index contributed by atoms with van der Waals surface area (Å²) >= 11 is 0. The predicted molar refractivity (Wildman–Crippen MR) is 87.6 cm³/mol. The van der Waals surface area contributed by atoms with Crippen molar-refractivity contribution in [2.45, 2.75) is 45.2 Å². The summed E-state index contributed by atoms with van der Waals surface area (Å²) in [6.07, 6.45) is 0.904. The standard InChI is InChI=1S/C16H32N2O5/c1-16(2,3)18(15(19)20)14-10-13(11-14)12-23-9-8-22-7-6-21-5-4-17/h13-14H,4-12,17H2,1-3H3,(H,19,20)/t13-,14-. The molecule has 3 N–H and O–H groups in total. The van der Waals surface area contributed by atoms with Gasteiger partial charge in [0.05, 0.1) is 33.0 Å². The van der Waals surface area contributed by atoms with E-state index in [0.29, 0.717) is 52.1 Å². The molecule has 0 aromatic carbocycles. The minimum atomic E-state index is -0.841. The van der Waals surface area contributed by atoms with Gasteiger partial charge < -0.3 is 30.0 Å². The molecular weight excluding hydrogens is 300 g/mol. The summed E-state index contributed by atoms with van der Waals surface area (Å²) in [6.45, 7) is 9.75. The third kappa shape index (κ3) is 7.48. The van der Waals surface area contributed by atoms with Gasteiger partial charge >= 0.3 is 6.09 Å². The van der Waals surface area contributed by atoms with Crippen molar-refractivity contribution in [3.63, 3.8) is 0 Å². The molecule has 1 amide bonds. The molecule has 1 saturated carbocycles. The van der Waals surface area contributed by atoms with Gasteiger partial charge in [-0.05, 0) is 39.5 Å². The van der Waals surface area contributed by atoms with Crippen molar-refractivity contribution >= 4 is 6.09 Å². The molecule has 0 radical (unpaired) electrons. The zero-order valence-corrected chi connectivity index (χ0v) is 14.6. The Morgan fingerprint density at radius 2 is 1.61 bits per heavy atom. The van der Waals surface area contributed by atoms with Gasteiger partial charge in [0.15, 0.2) is 0 Å². The molecule has 0 heterocycles. The fraction of sp³-hybridized carbons (Fsp3) is 0.938. The monoisotopic (exact) mass is 332 g/mol.